The van der Waals surface area contributed by atoms with Crippen LogP contribution in [-0.2, 0) is 0 Å². The number of aromatic nitrogens is 1. The van der Waals surface area contributed by atoms with Gasteiger partial charge in [-0.15, -0.1) is 0 Å². The Balaban J connectivity index is 1.27. The van der Waals surface area contributed by atoms with Crippen molar-refractivity contribution in [2.75, 3.05) is 0 Å². The Morgan fingerprint density at radius 1 is 0.833 bits per heavy atom. The van der Waals surface area contributed by atoms with E-state index in [-0.39, 0.29) is 5.41 Å². The van der Waals surface area contributed by atoms with Crippen molar-refractivity contribution in [3.05, 3.63) is 131 Å². The van der Waals surface area contributed by atoms with Gasteiger partial charge in [-0.05, 0) is 64.7 Å². The van der Waals surface area contributed by atoms with Crippen LogP contribution in [0.2, 0.25) is 0 Å². The van der Waals surface area contributed by atoms with Crippen molar-refractivity contribution in [3.63, 3.8) is 0 Å². The molecule has 0 N–H and O–H groups in total. The molecule has 1 nitrogen and oxygen atoms in total. The number of para-hydroxylation sites is 2. The van der Waals surface area contributed by atoms with Crippen LogP contribution >= 0.6 is 0 Å². The van der Waals surface area contributed by atoms with E-state index in [1.54, 1.807) is 11.1 Å². The van der Waals surface area contributed by atoms with E-state index in [4.69, 9.17) is 0 Å². The lowest BCUT2D eigenvalue weighted by Gasteiger charge is -2.32. The van der Waals surface area contributed by atoms with Crippen LogP contribution in [0.5, 0.6) is 0 Å². The highest BCUT2D eigenvalue weighted by Crippen LogP contribution is 2.57. The molecule has 3 aromatic carbocycles. The van der Waals surface area contributed by atoms with Crippen LogP contribution < -0.4 is 0 Å². The molecule has 3 aliphatic carbocycles. The number of rotatable bonds is 3. The maximum Gasteiger partial charge on any atom is 0.0563 e. The molecule has 1 heteroatoms. The molecule has 36 heavy (non-hydrogen) atoms. The maximum atomic E-state index is 2.62. The summed E-state index contributed by atoms with van der Waals surface area (Å²) in [5.74, 6) is 1.06. The van der Waals surface area contributed by atoms with E-state index in [1.165, 1.54) is 38.5 Å². The fraction of sp³-hybridized carbons (Fsp3) is 0.257. The molecule has 4 aromatic rings. The summed E-state index contributed by atoms with van der Waals surface area (Å²) in [7, 11) is 0. The molecule has 178 valence electrons. The van der Waals surface area contributed by atoms with E-state index < -0.39 is 0 Å². The molecule has 7 rings (SSSR count). The highest BCUT2D eigenvalue weighted by atomic mass is 15.0. The third kappa shape index (κ3) is 3.08. The molecule has 3 aliphatic rings. The second kappa shape index (κ2) is 7.96. The first-order valence-electron chi connectivity index (χ1n) is 13.4. The standard InChI is InChI=1S/C35H33N/c1-23(24-11-5-4-6-12-24)25-17-19-27-28-20-18-26(22-32(28)35(2,3)31(27)21-25)36-33-15-9-7-13-29(33)30-14-8-10-16-34(30)36/h4-16,18-21,23,25-26H,17,22H2,1-3H3. The van der Waals surface area contributed by atoms with Gasteiger partial charge in [-0.25, -0.2) is 0 Å². The lowest BCUT2D eigenvalue weighted by atomic mass is 9.73. The zero-order chi connectivity index (χ0) is 24.4. The topological polar surface area (TPSA) is 4.93 Å². The van der Waals surface area contributed by atoms with Crippen molar-refractivity contribution in [2.45, 2.75) is 45.6 Å². The number of nitrogens with zero attached hydrogens (tertiary/aromatic N) is 1. The van der Waals surface area contributed by atoms with Crippen LogP contribution in [-0.4, -0.2) is 4.57 Å². The van der Waals surface area contributed by atoms with Gasteiger partial charge in [0.25, 0.3) is 0 Å². The van der Waals surface area contributed by atoms with Crippen molar-refractivity contribution in [1.29, 1.82) is 0 Å². The van der Waals surface area contributed by atoms with Gasteiger partial charge in [0, 0.05) is 27.2 Å². The molecular weight excluding hydrogens is 434 g/mol. The zero-order valence-corrected chi connectivity index (χ0v) is 21.4. The molecule has 0 aliphatic heterocycles. The Hall–Kier alpha value is -3.58. The molecule has 3 unspecified atom stereocenters. The third-order valence-corrected chi connectivity index (χ3v) is 9.12. The summed E-state index contributed by atoms with van der Waals surface area (Å²) in [6.07, 6.45) is 12.2. The molecule has 0 saturated carbocycles. The predicted octanol–water partition coefficient (Wildman–Crippen LogP) is 9.31. The second-order valence-electron chi connectivity index (χ2n) is 11.3. The smallest absolute Gasteiger partial charge is 0.0563 e. The minimum Gasteiger partial charge on any atom is -0.333 e. The first-order valence-corrected chi connectivity index (χ1v) is 13.4. The quantitative estimate of drug-likeness (QED) is 0.283. The summed E-state index contributed by atoms with van der Waals surface area (Å²) in [6, 6.07) is 29.1. The summed E-state index contributed by atoms with van der Waals surface area (Å²) < 4.78 is 2.58. The normalized spacial score (nSPS) is 23.4. The first-order chi connectivity index (χ1) is 17.5. The number of fused-ring (bicyclic) bond motifs is 5. The van der Waals surface area contributed by atoms with Crippen LogP contribution in [0.15, 0.2) is 125 Å². The summed E-state index contributed by atoms with van der Waals surface area (Å²) in [5, 5.41) is 2.70. The van der Waals surface area contributed by atoms with Gasteiger partial charge < -0.3 is 4.57 Å². The Labute approximate surface area is 214 Å². The van der Waals surface area contributed by atoms with Crippen molar-refractivity contribution < 1.29 is 0 Å². The summed E-state index contributed by atoms with van der Waals surface area (Å²) >= 11 is 0. The van der Waals surface area contributed by atoms with Crippen LogP contribution in [0.3, 0.4) is 0 Å². The van der Waals surface area contributed by atoms with Crippen molar-refractivity contribution in [2.24, 2.45) is 11.3 Å². The summed E-state index contributed by atoms with van der Waals surface area (Å²) in [5.41, 5.74) is 10.3. The highest BCUT2D eigenvalue weighted by Gasteiger charge is 2.43. The van der Waals surface area contributed by atoms with E-state index in [9.17, 15) is 0 Å². The molecule has 0 amide bonds. The van der Waals surface area contributed by atoms with Crippen molar-refractivity contribution >= 4 is 21.8 Å². The fourth-order valence-electron chi connectivity index (χ4n) is 7.08. The van der Waals surface area contributed by atoms with Crippen LogP contribution in [0.1, 0.15) is 51.1 Å². The molecule has 0 radical (unpaired) electrons. The molecule has 3 atom stereocenters. The number of benzene rings is 3. The average molecular weight is 468 g/mol. The predicted molar refractivity (Wildman–Crippen MR) is 152 cm³/mol. The molecule has 0 bridgehead atoms. The Morgan fingerprint density at radius 2 is 1.47 bits per heavy atom. The van der Waals surface area contributed by atoms with Gasteiger partial charge in [0.15, 0.2) is 0 Å². The maximum absolute atomic E-state index is 2.62. The van der Waals surface area contributed by atoms with Gasteiger partial charge in [-0.1, -0.05) is 112 Å². The van der Waals surface area contributed by atoms with Crippen molar-refractivity contribution in [1.82, 2.24) is 4.57 Å². The SMILES string of the molecule is CC(c1ccccc1)C1C=C2C(=CC1)C1=C(CC(n3c4ccccc4c4ccccc43)C=C1)C2(C)C. The molecule has 1 heterocycles. The number of hydrogen-bond donors (Lipinski definition) is 0. The van der Waals surface area contributed by atoms with E-state index in [0.29, 0.717) is 17.9 Å². The zero-order valence-electron chi connectivity index (χ0n) is 21.4. The number of allylic oxidation sites excluding steroid dienone is 8. The lowest BCUT2D eigenvalue weighted by molar-refractivity contribution is 0.478. The molecular formula is C35H33N. The average Bonchev–Trinajstić information content (AvgIpc) is 3.37. The Bertz CT molecular complexity index is 1570. The monoisotopic (exact) mass is 467 g/mol. The minimum atomic E-state index is 0.0536. The molecule has 0 fully saturated rings. The molecule has 0 saturated heterocycles. The van der Waals surface area contributed by atoms with Crippen LogP contribution in [0.4, 0.5) is 0 Å². The summed E-state index contributed by atoms with van der Waals surface area (Å²) in [4.78, 5) is 0. The van der Waals surface area contributed by atoms with Gasteiger partial charge in [-0.2, -0.15) is 0 Å². The number of hydrogen-bond acceptors (Lipinski definition) is 0. The fourth-order valence-corrected chi connectivity index (χ4v) is 7.08. The largest absolute Gasteiger partial charge is 0.333 e. The minimum absolute atomic E-state index is 0.0536. The Kier molecular flexibility index (Phi) is 4.80. The van der Waals surface area contributed by atoms with E-state index >= 15 is 0 Å². The first kappa shape index (κ1) is 21.7. The van der Waals surface area contributed by atoms with E-state index in [0.717, 1.165) is 12.8 Å². The van der Waals surface area contributed by atoms with Gasteiger partial charge in [-0.3, -0.25) is 0 Å². The molecule has 0 spiro atoms. The lowest BCUT2D eigenvalue weighted by Crippen LogP contribution is -2.20. The van der Waals surface area contributed by atoms with E-state index in [1.807, 2.05) is 0 Å². The second-order valence-corrected chi connectivity index (χ2v) is 11.3. The van der Waals surface area contributed by atoms with Gasteiger partial charge in [0.2, 0.25) is 0 Å². The van der Waals surface area contributed by atoms with Crippen molar-refractivity contribution in [3.8, 4) is 0 Å². The van der Waals surface area contributed by atoms with Crippen LogP contribution in [0.25, 0.3) is 21.8 Å². The highest BCUT2D eigenvalue weighted by molar-refractivity contribution is 6.08. The molecule has 1 aromatic heterocycles. The van der Waals surface area contributed by atoms with E-state index in [2.05, 4.69) is 129 Å². The Morgan fingerprint density at radius 3 is 2.17 bits per heavy atom. The summed E-state index contributed by atoms with van der Waals surface area (Å²) in [6.45, 7) is 7.29. The van der Waals surface area contributed by atoms with Gasteiger partial charge >= 0.3 is 0 Å². The third-order valence-electron chi connectivity index (χ3n) is 9.12. The van der Waals surface area contributed by atoms with Gasteiger partial charge in [0.05, 0.1) is 6.04 Å². The van der Waals surface area contributed by atoms with Gasteiger partial charge in [0.1, 0.15) is 0 Å². The van der Waals surface area contributed by atoms with Crippen LogP contribution in [0, 0.1) is 11.3 Å².